The number of nitro benzene ring substituents is 1. The highest BCUT2D eigenvalue weighted by Gasteiger charge is 2.15. The first-order valence-electron chi connectivity index (χ1n) is 7.20. The van der Waals surface area contributed by atoms with Gasteiger partial charge in [-0.15, -0.1) is 0 Å². The minimum absolute atomic E-state index is 0.145. The van der Waals surface area contributed by atoms with Gasteiger partial charge in [-0.3, -0.25) is 15.0 Å². The van der Waals surface area contributed by atoms with Gasteiger partial charge in [-0.1, -0.05) is 13.0 Å². The molecule has 0 heterocycles. The maximum absolute atomic E-state index is 11.1. The van der Waals surface area contributed by atoms with Crippen molar-refractivity contribution in [3.8, 4) is 0 Å². The molecule has 1 N–H and O–H groups in total. The number of nitrogens with zero attached hydrogens (tertiary/aromatic N) is 2. The average Bonchev–Trinajstić information content (AvgIpc) is 2.45. The van der Waals surface area contributed by atoms with E-state index < -0.39 is 0 Å². The molecule has 0 aromatic heterocycles. The van der Waals surface area contributed by atoms with Crippen LogP contribution in [0.2, 0.25) is 0 Å². The third-order valence-corrected chi connectivity index (χ3v) is 4.23. The van der Waals surface area contributed by atoms with E-state index in [1.54, 1.807) is 6.07 Å². The molecule has 1 aromatic carbocycles. The number of hydrogen-bond donors (Lipinski definition) is 1. The second kappa shape index (κ2) is 8.89. The van der Waals surface area contributed by atoms with Crippen LogP contribution in [0.15, 0.2) is 18.2 Å². The summed E-state index contributed by atoms with van der Waals surface area (Å²) in [5.74, 6) is 1.07. The molecule has 0 aliphatic carbocycles. The largest absolute Gasteiger partial charge is 0.379 e. The van der Waals surface area contributed by atoms with E-state index in [0.717, 1.165) is 30.8 Å². The van der Waals surface area contributed by atoms with E-state index in [4.69, 9.17) is 0 Å². The number of benzene rings is 1. The summed E-state index contributed by atoms with van der Waals surface area (Å²) >= 11 is 1.83. The molecule has 21 heavy (non-hydrogen) atoms. The lowest BCUT2D eigenvalue weighted by Gasteiger charge is -2.24. The van der Waals surface area contributed by atoms with Gasteiger partial charge in [-0.2, -0.15) is 11.8 Å². The maximum atomic E-state index is 11.1. The van der Waals surface area contributed by atoms with Gasteiger partial charge in [-0.05, 0) is 38.3 Å². The van der Waals surface area contributed by atoms with Gasteiger partial charge < -0.3 is 5.32 Å². The SMILES string of the molecule is CCCNc1cc(CN(C)C(C)CSC)ccc1[N+](=O)[O-]. The number of thioether (sulfide) groups is 1. The number of nitro groups is 1. The Balaban J connectivity index is 2.86. The van der Waals surface area contributed by atoms with Gasteiger partial charge in [0.25, 0.3) is 5.69 Å². The van der Waals surface area contributed by atoms with Gasteiger partial charge in [0.1, 0.15) is 5.69 Å². The van der Waals surface area contributed by atoms with Crippen LogP contribution in [0.4, 0.5) is 11.4 Å². The number of rotatable bonds is 9. The third kappa shape index (κ3) is 5.55. The molecule has 0 amide bonds. The maximum Gasteiger partial charge on any atom is 0.292 e. The topological polar surface area (TPSA) is 58.4 Å². The van der Waals surface area contributed by atoms with Crippen LogP contribution in [0.3, 0.4) is 0 Å². The van der Waals surface area contributed by atoms with Crippen molar-refractivity contribution < 1.29 is 4.92 Å². The first kappa shape index (κ1) is 17.8. The molecule has 0 saturated carbocycles. The predicted octanol–water partition coefficient (Wildman–Crippen LogP) is 3.60. The molecule has 0 spiro atoms. The Morgan fingerprint density at radius 2 is 2.19 bits per heavy atom. The van der Waals surface area contributed by atoms with Crippen LogP contribution < -0.4 is 5.32 Å². The third-order valence-electron chi connectivity index (χ3n) is 3.42. The summed E-state index contributed by atoms with van der Waals surface area (Å²) in [4.78, 5) is 13.0. The molecule has 0 bridgehead atoms. The molecule has 1 atom stereocenters. The van der Waals surface area contributed by atoms with E-state index in [9.17, 15) is 10.1 Å². The first-order valence-corrected chi connectivity index (χ1v) is 8.59. The molecule has 0 saturated heterocycles. The van der Waals surface area contributed by atoms with Crippen LogP contribution in [0, 0.1) is 10.1 Å². The summed E-state index contributed by atoms with van der Waals surface area (Å²) in [5, 5.41) is 14.2. The van der Waals surface area contributed by atoms with Crippen molar-refractivity contribution in [3.05, 3.63) is 33.9 Å². The fraction of sp³-hybridized carbons (Fsp3) is 0.600. The Kier molecular flexibility index (Phi) is 7.53. The fourth-order valence-corrected chi connectivity index (χ4v) is 2.79. The molecule has 0 aliphatic rings. The Hall–Kier alpha value is -1.27. The Bertz CT molecular complexity index is 468. The van der Waals surface area contributed by atoms with Gasteiger partial charge in [0.15, 0.2) is 0 Å². The normalized spacial score (nSPS) is 12.4. The Morgan fingerprint density at radius 3 is 2.76 bits per heavy atom. The smallest absolute Gasteiger partial charge is 0.292 e. The molecule has 1 unspecified atom stereocenters. The highest BCUT2D eigenvalue weighted by Crippen LogP contribution is 2.26. The zero-order valence-corrected chi connectivity index (χ0v) is 14.1. The van der Waals surface area contributed by atoms with Crippen molar-refractivity contribution in [2.75, 3.05) is 30.9 Å². The van der Waals surface area contributed by atoms with Crippen molar-refractivity contribution in [2.45, 2.75) is 32.9 Å². The molecular formula is C15H25N3O2S. The lowest BCUT2D eigenvalue weighted by Crippen LogP contribution is -2.30. The van der Waals surface area contributed by atoms with Crippen molar-refractivity contribution in [2.24, 2.45) is 0 Å². The molecule has 1 rings (SSSR count). The quantitative estimate of drug-likeness (QED) is 0.558. The summed E-state index contributed by atoms with van der Waals surface area (Å²) in [7, 11) is 2.08. The molecule has 5 nitrogen and oxygen atoms in total. The summed E-state index contributed by atoms with van der Waals surface area (Å²) in [5.41, 5.74) is 1.85. The van der Waals surface area contributed by atoms with Crippen molar-refractivity contribution in [1.82, 2.24) is 4.90 Å². The summed E-state index contributed by atoms with van der Waals surface area (Å²) in [6.45, 7) is 5.77. The number of hydrogen-bond acceptors (Lipinski definition) is 5. The van der Waals surface area contributed by atoms with Gasteiger partial charge in [0.05, 0.1) is 4.92 Å². The monoisotopic (exact) mass is 311 g/mol. The predicted molar refractivity (Wildman–Crippen MR) is 91.2 cm³/mol. The fourth-order valence-electron chi connectivity index (χ4n) is 2.05. The highest BCUT2D eigenvalue weighted by atomic mass is 32.2. The van der Waals surface area contributed by atoms with Crippen molar-refractivity contribution in [3.63, 3.8) is 0 Å². The van der Waals surface area contributed by atoms with Crippen molar-refractivity contribution in [1.29, 1.82) is 0 Å². The van der Waals surface area contributed by atoms with Gasteiger partial charge in [0, 0.05) is 31.0 Å². The number of anilines is 1. The number of nitrogens with one attached hydrogen (secondary N) is 1. The van der Waals surface area contributed by atoms with E-state index in [-0.39, 0.29) is 10.6 Å². The Morgan fingerprint density at radius 1 is 1.48 bits per heavy atom. The average molecular weight is 311 g/mol. The molecule has 0 radical (unpaired) electrons. The molecule has 0 fully saturated rings. The minimum Gasteiger partial charge on any atom is -0.379 e. The molecule has 0 aliphatic heterocycles. The van der Waals surface area contributed by atoms with E-state index in [0.29, 0.717) is 11.7 Å². The summed E-state index contributed by atoms with van der Waals surface area (Å²) in [6.07, 6.45) is 3.04. The van der Waals surface area contributed by atoms with Gasteiger partial charge >= 0.3 is 0 Å². The molecular weight excluding hydrogens is 286 g/mol. The minimum atomic E-state index is -0.332. The van der Waals surface area contributed by atoms with E-state index in [2.05, 4.69) is 30.4 Å². The Labute approximate surface area is 131 Å². The van der Waals surface area contributed by atoms with E-state index >= 15 is 0 Å². The van der Waals surface area contributed by atoms with Crippen LogP contribution in [-0.4, -0.2) is 41.5 Å². The molecule has 1 aromatic rings. The second-order valence-corrected chi connectivity index (χ2v) is 6.17. The van der Waals surface area contributed by atoms with Crippen LogP contribution in [0.5, 0.6) is 0 Å². The van der Waals surface area contributed by atoms with Crippen LogP contribution in [-0.2, 0) is 6.54 Å². The molecule has 118 valence electrons. The van der Waals surface area contributed by atoms with Crippen molar-refractivity contribution >= 4 is 23.1 Å². The summed E-state index contributed by atoms with van der Waals surface area (Å²) < 4.78 is 0. The first-order chi connectivity index (χ1) is 9.99. The lowest BCUT2D eigenvalue weighted by molar-refractivity contribution is -0.384. The summed E-state index contributed by atoms with van der Waals surface area (Å²) in [6, 6.07) is 5.82. The van der Waals surface area contributed by atoms with E-state index in [1.165, 1.54) is 0 Å². The highest BCUT2D eigenvalue weighted by molar-refractivity contribution is 7.98. The van der Waals surface area contributed by atoms with Crippen LogP contribution in [0.1, 0.15) is 25.8 Å². The molecule has 6 heteroatoms. The lowest BCUT2D eigenvalue weighted by atomic mass is 10.1. The van der Waals surface area contributed by atoms with Crippen LogP contribution in [0.25, 0.3) is 0 Å². The zero-order chi connectivity index (χ0) is 15.8. The van der Waals surface area contributed by atoms with E-state index in [1.807, 2.05) is 30.8 Å². The standard InChI is InChI=1S/C15H25N3O2S/c1-5-8-16-14-9-13(6-7-15(14)18(19)20)10-17(3)12(2)11-21-4/h6-7,9,12,16H,5,8,10-11H2,1-4H3. The zero-order valence-electron chi connectivity index (χ0n) is 13.3. The van der Waals surface area contributed by atoms with Gasteiger partial charge in [0.2, 0.25) is 0 Å². The second-order valence-electron chi connectivity index (χ2n) is 5.25. The van der Waals surface area contributed by atoms with Gasteiger partial charge in [-0.25, -0.2) is 0 Å². The van der Waals surface area contributed by atoms with Crippen LogP contribution >= 0.6 is 11.8 Å².